The molecule has 1 spiro atoms. The van der Waals surface area contributed by atoms with Crippen LogP contribution in [0.1, 0.15) is 12.8 Å². The summed E-state index contributed by atoms with van der Waals surface area (Å²) in [4.78, 5) is 2.17. The molecule has 5 N–H and O–H groups in total. The maximum Gasteiger partial charge on any atom is 0.120 e. The normalized spacial score (nSPS) is 63.9. The van der Waals surface area contributed by atoms with Gasteiger partial charge in [0.1, 0.15) is 23.4 Å². The van der Waals surface area contributed by atoms with E-state index in [-0.39, 0.29) is 18.4 Å². The first-order valence-electron chi connectivity index (χ1n) is 12.3. The number of methoxy groups -OCH3 is 4. The van der Waals surface area contributed by atoms with E-state index < -0.39 is 76.4 Å². The van der Waals surface area contributed by atoms with Crippen LogP contribution in [0.2, 0.25) is 0 Å². The number of piperidine rings is 1. The van der Waals surface area contributed by atoms with Gasteiger partial charge in [0.05, 0.1) is 31.0 Å². The van der Waals surface area contributed by atoms with E-state index in [1.807, 2.05) is 7.05 Å². The number of fused-ring (bicyclic) bond motifs is 2. The minimum atomic E-state index is -1.76. The molecule has 1 aliphatic heterocycles. The lowest BCUT2D eigenvalue weighted by Gasteiger charge is -2.69. The largest absolute Gasteiger partial charge is 0.392 e. The number of hydrogen-bond donors (Lipinski definition) is 5. The zero-order chi connectivity index (χ0) is 24.6. The maximum atomic E-state index is 12.5. The number of aliphatic hydroxyl groups excluding tert-OH is 3. The zero-order valence-corrected chi connectivity index (χ0v) is 20.5. The topological polar surface area (TPSA) is 141 Å². The number of hydrogen-bond acceptors (Lipinski definition) is 10. The lowest BCUT2D eigenvalue weighted by molar-refractivity contribution is -0.319. The first-order valence-corrected chi connectivity index (χ1v) is 12.3. The van der Waals surface area contributed by atoms with Crippen LogP contribution in [0.25, 0.3) is 0 Å². The molecule has 6 aliphatic rings. The summed E-state index contributed by atoms with van der Waals surface area (Å²) in [6.07, 6.45) is -4.96. The molecule has 5 saturated carbocycles. The van der Waals surface area contributed by atoms with Gasteiger partial charge in [-0.2, -0.15) is 0 Å². The molecule has 0 aromatic carbocycles. The third kappa shape index (κ3) is 2.14. The Morgan fingerprint density at radius 3 is 2.24 bits per heavy atom. The molecule has 6 rings (SSSR count). The van der Waals surface area contributed by atoms with Crippen LogP contribution >= 0.6 is 0 Å². The van der Waals surface area contributed by atoms with Gasteiger partial charge in [0.2, 0.25) is 0 Å². The molecule has 0 radical (unpaired) electrons. The van der Waals surface area contributed by atoms with Crippen LogP contribution in [0.4, 0.5) is 0 Å². The van der Waals surface area contributed by atoms with Crippen molar-refractivity contribution < 1.29 is 44.5 Å². The van der Waals surface area contributed by atoms with Crippen LogP contribution in [0, 0.1) is 34.5 Å². The van der Waals surface area contributed by atoms with Crippen LogP contribution in [0.3, 0.4) is 0 Å². The third-order valence-corrected chi connectivity index (χ3v) is 11.4. The molecule has 194 valence electrons. The summed E-state index contributed by atoms with van der Waals surface area (Å²) in [5.74, 6) is -2.05. The van der Waals surface area contributed by atoms with E-state index in [1.54, 1.807) is 21.3 Å². The van der Waals surface area contributed by atoms with Gasteiger partial charge >= 0.3 is 0 Å². The minimum Gasteiger partial charge on any atom is -0.392 e. The smallest absolute Gasteiger partial charge is 0.120 e. The van der Waals surface area contributed by atoms with Crippen molar-refractivity contribution in [3.8, 4) is 0 Å². The molecule has 5 aliphatic carbocycles. The van der Waals surface area contributed by atoms with Crippen LogP contribution in [-0.2, 0) is 18.9 Å². The highest BCUT2D eigenvalue weighted by molar-refractivity contribution is 5.39. The Bertz CT molecular complexity index is 862. The SMILES string of the molecule is COCC12CN(C)C3C4C(OC)C1C3(C(OC)CC2O)C1CC2(O)C(O)C1C4(O)C(O)C2OC. The zero-order valence-electron chi connectivity index (χ0n) is 20.5. The minimum absolute atomic E-state index is 0.153. The first kappa shape index (κ1) is 24.0. The molecular weight excluding hydrogens is 446 g/mol. The van der Waals surface area contributed by atoms with Crippen molar-refractivity contribution >= 4 is 0 Å². The summed E-state index contributed by atoms with van der Waals surface area (Å²) in [5.41, 5.74) is -4.81. The van der Waals surface area contributed by atoms with Gasteiger partial charge in [-0.1, -0.05) is 0 Å². The first-order chi connectivity index (χ1) is 16.1. The van der Waals surface area contributed by atoms with E-state index in [9.17, 15) is 25.5 Å². The van der Waals surface area contributed by atoms with E-state index in [1.165, 1.54) is 7.11 Å². The van der Waals surface area contributed by atoms with Gasteiger partial charge in [-0.25, -0.2) is 0 Å². The average molecular weight is 486 g/mol. The lowest BCUT2D eigenvalue weighted by atomic mass is 9.42. The highest BCUT2D eigenvalue weighted by Gasteiger charge is 2.90. The predicted octanol–water partition coefficient (Wildman–Crippen LogP) is -2.18. The molecule has 7 bridgehead atoms. The Kier molecular flexibility index (Phi) is 5.02. The van der Waals surface area contributed by atoms with Crippen LogP contribution in [-0.4, -0.2) is 133 Å². The van der Waals surface area contributed by atoms with Crippen molar-refractivity contribution in [1.29, 1.82) is 0 Å². The number of rotatable bonds is 5. The summed E-state index contributed by atoms with van der Waals surface area (Å²) < 4.78 is 23.6. The summed E-state index contributed by atoms with van der Waals surface area (Å²) in [6.45, 7) is 0.836. The summed E-state index contributed by atoms with van der Waals surface area (Å²) in [5, 5.41) is 58.9. The molecule has 34 heavy (non-hydrogen) atoms. The molecular formula is C24H39NO9. The van der Waals surface area contributed by atoms with Gasteiger partial charge in [0, 0.05) is 76.0 Å². The highest BCUT2D eigenvalue weighted by Crippen LogP contribution is 2.79. The molecule has 0 amide bonds. The fourth-order valence-electron chi connectivity index (χ4n) is 10.9. The second kappa shape index (κ2) is 7.12. The van der Waals surface area contributed by atoms with Crippen molar-refractivity contribution in [3.63, 3.8) is 0 Å². The van der Waals surface area contributed by atoms with E-state index in [4.69, 9.17) is 18.9 Å². The van der Waals surface area contributed by atoms with Gasteiger partial charge in [-0.3, -0.25) is 0 Å². The van der Waals surface area contributed by atoms with Crippen molar-refractivity contribution in [2.75, 3.05) is 48.6 Å². The Morgan fingerprint density at radius 1 is 0.941 bits per heavy atom. The second-order valence-electron chi connectivity index (χ2n) is 12.0. The van der Waals surface area contributed by atoms with Crippen molar-refractivity contribution in [3.05, 3.63) is 0 Å². The van der Waals surface area contributed by atoms with E-state index in [0.29, 0.717) is 19.6 Å². The van der Waals surface area contributed by atoms with Crippen LogP contribution in [0.5, 0.6) is 0 Å². The molecule has 0 aromatic heterocycles. The number of nitrogens with zero attached hydrogens (tertiary/aromatic N) is 1. The third-order valence-electron chi connectivity index (χ3n) is 11.4. The van der Waals surface area contributed by atoms with Crippen molar-refractivity contribution in [1.82, 2.24) is 4.90 Å². The van der Waals surface area contributed by atoms with Crippen LogP contribution in [0.15, 0.2) is 0 Å². The van der Waals surface area contributed by atoms with Crippen LogP contribution < -0.4 is 0 Å². The Hall–Kier alpha value is -0.400. The highest BCUT2D eigenvalue weighted by atomic mass is 16.5. The van der Waals surface area contributed by atoms with Gasteiger partial charge in [0.25, 0.3) is 0 Å². The summed E-state index contributed by atoms with van der Waals surface area (Å²) >= 11 is 0. The molecule has 15 unspecified atom stereocenters. The molecule has 10 nitrogen and oxygen atoms in total. The van der Waals surface area contributed by atoms with Gasteiger partial charge in [-0.15, -0.1) is 0 Å². The predicted molar refractivity (Wildman–Crippen MR) is 117 cm³/mol. The maximum absolute atomic E-state index is 12.5. The quantitative estimate of drug-likeness (QED) is 0.292. The van der Waals surface area contributed by atoms with Crippen molar-refractivity contribution in [2.24, 2.45) is 34.5 Å². The molecule has 1 saturated heterocycles. The fraction of sp³-hybridized carbons (Fsp3) is 1.00. The summed E-state index contributed by atoms with van der Waals surface area (Å²) in [7, 11) is 8.24. The number of aliphatic hydroxyl groups is 5. The van der Waals surface area contributed by atoms with Gasteiger partial charge < -0.3 is 49.4 Å². The second-order valence-corrected chi connectivity index (χ2v) is 12.0. The fourth-order valence-corrected chi connectivity index (χ4v) is 10.9. The number of ether oxygens (including phenoxy) is 4. The molecule has 15 atom stereocenters. The van der Waals surface area contributed by atoms with E-state index in [0.717, 1.165) is 0 Å². The average Bonchev–Trinajstić information content (AvgIpc) is 3.17. The standard InChI is InChI=1S/C24H39NO9/c1-25-8-21(9-31-2)11(26)6-12(32-3)23-10-7-22(29)18(27)13(10)24(30,19(28)20(22)34-5)14(17(23)25)15(33-4)16(21)23/h10-20,26-30H,6-9H2,1-5H3. The monoisotopic (exact) mass is 485 g/mol. The Morgan fingerprint density at radius 2 is 1.65 bits per heavy atom. The molecule has 1 heterocycles. The van der Waals surface area contributed by atoms with Gasteiger partial charge in [-0.05, 0) is 19.4 Å². The van der Waals surface area contributed by atoms with E-state index >= 15 is 0 Å². The number of likely N-dealkylation sites (tertiary alicyclic amines) is 1. The van der Waals surface area contributed by atoms with Crippen molar-refractivity contribution in [2.45, 2.75) is 66.7 Å². The van der Waals surface area contributed by atoms with E-state index in [2.05, 4.69) is 4.90 Å². The lowest BCUT2D eigenvalue weighted by Crippen LogP contribution is -2.80. The molecule has 0 aromatic rings. The Labute approximate surface area is 199 Å². The molecule has 6 fully saturated rings. The Balaban J connectivity index is 1.67. The summed E-state index contributed by atoms with van der Waals surface area (Å²) in [6, 6.07) is -0.254. The molecule has 10 heteroatoms. The van der Waals surface area contributed by atoms with Gasteiger partial charge in [0.15, 0.2) is 0 Å².